The molecule has 1 aromatic heterocycles. The number of rotatable bonds is 4. The maximum absolute atomic E-state index is 12.1. The molecular formula is C16H16N4O4. The zero-order valence-corrected chi connectivity index (χ0v) is 13.0. The van der Waals surface area contributed by atoms with Gasteiger partial charge in [0, 0.05) is 12.4 Å². The molecule has 24 heavy (non-hydrogen) atoms. The van der Waals surface area contributed by atoms with Gasteiger partial charge in [0.05, 0.1) is 11.7 Å². The molecule has 0 unspecified atom stereocenters. The molecule has 3 rings (SSSR count). The third kappa shape index (κ3) is 3.43. The SMILES string of the molecule is C[C@H](NC(=O)Cn1cccnc1=O)c1ccc2c(c1)NC(=O)CO2. The quantitative estimate of drug-likeness (QED) is 0.848. The number of carbonyl (C=O) groups is 2. The topological polar surface area (TPSA) is 102 Å². The van der Waals surface area contributed by atoms with E-state index in [9.17, 15) is 14.4 Å². The van der Waals surface area contributed by atoms with Crippen LogP contribution in [0.5, 0.6) is 5.75 Å². The van der Waals surface area contributed by atoms with Crippen LogP contribution in [-0.2, 0) is 16.1 Å². The molecule has 2 N–H and O–H groups in total. The monoisotopic (exact) mass is 328 g/mol. The van der Waals surface area contributed by atoms with Gasteiger partial charge in [-0.1, -0.05) is 6.07 Å². The van der Waals surface area contributed by atoms with Crippen LogP contribution in [-0.4, -0.2) is 28.0 Å². The summed E-state index contributed by atoms with van der Waals surface area (Å²) in [6.45, 7) is 1.71. The third-order valence-corrected chi connectivity index (χ3v) is 3.61. The molecule has 0 aliphatic carbocycles. The first-order valence-corrected chi connectivity index (χ1v) is 7.40. The molecule has 0 saturated heterocycles. The summed E-state index contributed by atoms with van der Waals surface area (Å²) in [5.74, 6) is 0.0710. The van der Waals surface area contributed by atoms with Crippen LogP contribution < -0.4 is 21.1 Å². The van der Waals surface area contributed by atoms with Crippen LogP contribution in [0, 0.1) is 0 Å². The van der Waals surface area contributed by atoms with E-state index < -0.39 is 5.69 Å². The van der Waals surface area contributed by atoms with Crippen molar-refractivity contribution in [2.24, 2.45) is 0 Å². The first-order valence-electron chi connectivity index (χ1n) is 7.40. The Morgan fingerprint density at radius 3 is 3.08 bits per heavy atom. The predicted octanol–water partition coefficient (Wildman–Crippen LogP) is 0.452. The lowest BCUT2D eigenvalue weighted by Gasteiger charge is -2.21. The second kappa shape index (κ2) is 6.53. The molecule has 1 atom stereocenters. The molecule has 2 aromatic rings. The molecule has 0 fully saturated rings. The van der Waals surface area contributed by atoms with Crippen LogP contribution in [0.15, 0.2) is 41.5 Å². The van der Waals surface area contributed by atoms with Crippen molar-refractivity contribution < 1.29 is 14.3 Å². The number of ether oxygens (including phenoxy) is 1. The Labute approximate surface area is 137 Å². The van der Waals surface area contributed by atoms with Crippen molar-refractivity contribution in [3.8, 4) is 5.75 Å². The fourth-order valence-electron chi connectivity index (χ4n) is 2.40. The van der Waals surface area contributed by atoms with Crippen LogP contribution in [0.25, 0.3) is 0 Å². The first-order chi connectivity index (χ1) is 11.5. The van der Waals surface area contributed by atoms with Crippen LogP contribution >= 0.6 is 0 Å². The zero-order valence-electron chi connectivity index (χ0n) is 13.0. The summed E-state index contributed by atoms with van der Waals surface area (Å²) in [5, 5.41) is 5.54. The Bertz CT molecular complexity index is 846. The van der Waals surface area contributed by atoms with E-state index in [0.717, 1.165) is 5.56 Å². The van der Waals surface area contributed by atoms with Gasteiger partial charge >= 0.3 is 5.69 Å². The van der Waals surface area contributed by atoms with E-state index in [0.29, 0.717) is 11.4 Å². The van der Waals surface area contributed by atoms with Gasteiger partial charge in [-0.05, 0) is 30.7 Å². The van der Waals surface area contributed by atoms with Gasteiger partial charge in [0.2, 0.25) is 5.91 Å². The number of benzene rings is 1. The lowest BCUT2D eigenvalue weighted by Crippen LogP contribution is -2.34. The highest BCUT2D eigenvalue weighted by atomic mass is 16.5. The Balaban J connectivity index is 1.68. The Morgan fingerprint density at radius 2 is 2.29 bits per heavy atom. The van der Waals surface area contributed by atoms with Crippen molar-refractivity contribution in [1.29, 1.82) is 0 Å². The Morgan fingerprint density at radius 1 is 1.46 bits per heavy atom. The van der Waals surface area contributed by atoms with E-state index in [1.165, 1.54) is 17.0 Å². The Hall–Kier alpha value is -3.16. The number of fused-ring (bicyclic) bond motifs is 1. The summed E-state index contributed by atoms with van der Waals surface area (Å²) in [6, 6.07) is 6.61. The van der Waals surface area contributed by atoms with Gasteiger partial charge in [0.15, 0.2) is 6.61 Å². The van der Waals surface area contributed by atoms with Crippen molar-refractivity contribution in [3.63, 3.8) is 0 Å². The molecule has 8 nitrogen and oxygen atoms in total. The number of hydrogen-bond acceptors (Lipinski definition) is 5. The molecule has 0 spiro atoms. The van der Waals surface area contributed by atoms with Crippen LogP contribution in [0.4, 0.5) is 5.69 Å². The van der Waals surface area contributed by atoms with Crippen LogP contribution in [0.2, 0.25) is 0 Å². The molecule has 1 aliphatic heterocycles. The zero-order chi connectivity index (χ0) is 17.1. The molecule has 2 amide bonds. The highest BCUT2D eigenvalue weighted by molar-refractivity contribution is 5.95. The molecule has 0 saturated carbocycles. The standard InChI is InChI=1S/C16H16N4O4/c1-10(18-14(21)8-20-6-2-5-17-16(20)23)11-3-4-13-12(7-11)19-15(22)9-24-13/h2-7,10H,8-9H2,1H3,(H,18,21)(H,19,22)/t10-/m0/s1. The summed E-state index contributed by atoms with van der Waals surface area (Å²) in [5.41, 5.74) is 0.911. The van der Waals surface area contributed by atoms with E-state index in [1.54, 1.807) is 18.2 Å². The van der Waals surface area contributed by atoms with Gasteiger partial charge in [-0.25, -0.2) is 9.78 Å². The second-order valence-corrected chi connectivity index (χ2v) is 5.41. The largest absolute Gasteiger partial charge is 0.482 e. The highest BCUT2D eigenvalue weighted by Gasteiger charge is 2.18. The van der Waals surface area contributed by atoms with Crippen molar-refractivity contribution >= 4 is 17.5 Å². The number of nitrogens with zero attached hydrogens (tertiary/aromatic N) is 2. The summed E-state index contributed by atoms with van der Waals surface area (Å²) >= 11 is 0. The molecule has 124 valence electrons. The predicted molar refractivity (Wildman–Crippen MR) is 85.6 cm³/mol. The van der Waals surface area contributed by atoms with Crippen molar-refractivity contribution in [3.05, 3.63) is 52.7 Å². The molecule has 1 aliphatic rings. The fraction of sp³-hybridized carbons (Fsp3) is 0.250. The van der Waals surface area contributed by atoms with Crippen LogP contribution in [0.1, 0.15) is 18.5 Å². The average Bonchev–Trinajstić information content (AvgIpc) is 2.56. The summed E-state index contributed by atoms with van der Waals surface area (Å²) in [6.07, 6.45) is 2.88. The first kappa shape index (κ1) is 15.7. The van der Waals surface area contributed by atoms with E-state index in [2.05, 4.69) is 15.6 Å². The second-order valence-electron chi connectivity index (χ2n) is 5.41. The molecule has 0 bridgehead atoms. The van der Waals surface area contributed by atoms with E-state index in [1.807, 2.05) is 13.0 Å². The maximum atomic E-state index is 12.1. The normalized spacial score (nSPS) is 14.1. The third-order valence-electron chi connectivity index (χ3n) is 3.61. The van der Waals surface area contributed by atoms with Crippen molar-refractivity contribution in [1.82, 2.24) is 14.9 Å². The minimum absolute atomic E-state index is 0.00149. The van der Waals surface area contributed by atoms with Gasteiger partial charge in [0.25, 0.3) is 5.91 Å². The molecule has 2 heterocycles. The maximum Gasteiger partial charge on any atom is 0.347 e. The number of amides is 2. The van der Waals surface area contributed by atoms with Crippen LogP contribution in [0.3, 0.4) is 0 Å². The number of hydrogen-bond donors (Lipinski definition) is 2. The minimum atomic E-state index is -0.478. The van der Waals surface area contributed by atoms with Crippen molar-refractivity contribution in [2.45, 2.75) is 19.5 Å². The van der Waals surface area contributed by atoms with E-state index >= 15 is 0 Å². The van der Waals surface area contributed by atoms with Gasteiger partial charge in [0.1, 0.15) is 12.3 Å². The summed E-state index contributed by atoms with van der Waals surface area (Å²) in [7, 11) is 0. The summed E-state index contributed by atoms with van der Waals surface area (Å²) < 4.78 is 6.52. The smallest absolute Gasteiger partial charge is 0.347 e. The van der Waals surface area contributed by atoms with Gasteiger partial charge in [-0.15, -0.1) is 0 Å². The van der Waals surface area contributed by atoms with Gasteiger partial charge < -0.3 is 15.4 Å². The number of anilines is 1. The highest BCUT2D eigenvalue weighted by Crippen LogP contribution is 2.30. The lowest BCUT2D eigenvalue weighted by molar-refractivity contribution is -0.122. The molecule has 1 aromatic carbocycles. The number of nitrogens with one attached hydrogen (secondary N) is 2. The average molecular weight is 328 g/mol. The molecule has 8 heteroatoms. The van der Waals surface area contributed by atoms with E-state index in [4.69, 9.17) is 4.74 Å². The fourth-order valence-corrected chi connectivity index (χ4v) is 2.40. The lowest BCUT2D eigenvalue weighted by atomic mass is 10.1. The summed E-state index contributed by atoms with van der Waals surface area (Å²) in [4.78, 5) is 38.6. The molecular weight excluding hydrogens is 312 g/mol. The minimum Gasteiger partial charge on any atom is -0.482 e. The Kier molecular flexibility index (Phi) is 4.28. The molecule has 0 radical (unpaired) electrons. The number of aromatic nitrogens is 2. The van der Waals surface area contributed by atoms with Gasteiger partial charge in [-0.3, -0.25) is 14.2 Å². The number of carbonyl (C=O) groups excluding carboxylic acids is 2. The van der Waals surface area contributed by atoms with E-state index in [-0.39, 0.29) is 31.0 Å². The van der Waals surface area contributed by atoms with Crippen molar-refractivity contribution in [2.75, 3.05) is 11.9 Å². The van der Waals surface area contributed by atoms with Gasteiger partial charge in [-0.2, -0.15) is 0 Å².